The first-order valence-corrected chi connectivity index (χ1v) is 6.90. The number of rotatable bonds is 7. The first kappa shape index (κ1) is 15.1. The van der Waals surface area contributed by atoms with Crippen LogP contribution in [0.2, 0.25) is 0 Å². The summed E-state index contributed by atoms with van der Waals surface area (Å²) in [5.41, 5.74) is 5.77. The van der Waals surface area contributed by atoms with Crippen LogP contribution in [0.15, 0.2) is 5.38 Å². The summed E-state index contributed by atoms with van der Waals surface area (Å²) in [5.74, 6) is -0.166. The molecule has 0 unspecified atom stereocenters. The molecule has 0 radical (unpaired) electrons. The van der Waals surface area contributed by atoms with Crippen molar-refractivity contribution >= 4 is 17.2 Å². The van der Waals surface area contributed by atoms with Crippen LogP contribution in [0, 0.1) is 5.41 Å². The molecule has 1 aromatic heterocycles. The number of aliphatic hydroxyl groups excluding tert-OH is 1. The molecule has 1 rings (SSSR count). The number of amides is 1. The van der Waals surface area contributed by atoms with Gasteiger partial charge >= 0.3 is 0 Å². The van der Waals surface area contributed by atoms with E-state index in [1.165, 1.54) is 11.3 Å². The lowest BCUT2D eigenvalue weighted by Crippen LogP contribution is -2.34. The highest BCUT2D eigenvalue weighted by atomic mass is 32.1. The van der Waals surface area contributed by atoms with Crippen LogP contribution in [0.5, 0.6) is 0 Å². The smallest absolute Gasteiger partial charge is 0.270 e. The van der Waals surface area contributed by atoms with Crippen LogP contribution in [0.1, 0.15) is 35.8 Å². The first-order chi connectivity index (χ1) is 8.48. The Morgan fingerprint density at radius 3 is 2.94 bits per heavy atom. The van der Waals surface area contributed by atoms with Crippen LogP contribution in [-0.2, 0) is 6.42 Å². The third-order valence-corrected chi connectivity index (χ3v) is 3.57. The fourth-order valence-electron chi connectivity index (χ4n) is 1.45. The van der Waals surface area contributed by atoms with Crippen LogP contribution in [-0.4, -0.2) is 35.7 Å². The SMILES string of the molecule is CC(C)(CCO)CNC(=O)c1csc(CCN)n1. The number of aliphatic hydroxyl groups is 1. The Morgan fingerprint density at radius 2 is 2.33 bits per heavy atom. The van der Waals surface area contributed by atoms with Crippen molar-refractivity contribution in [2.24, 2.45) is 11.1 Å². The van der Waals surface area contributed by atoms with Crippen molar-refractivity contribution in [3.63, 3.8) is 0 Å². The maximum atomic E-state index is 11.9. The minimum absolute atomic E-state index is 0.111. The molecule has 0 saturated carbocycles. The van der Waals surface area contributed by atoms with Crippen molar-refractivity contribution < 1.29 is 9.90 Å². The minimum Gasteiger partial charge on any atom is -0.396 e. The van der Waals surface area contributed by atoms with E-state index in [2.05, 4.69) is 10.3 Å². The fourth-order valence-corrected chi connectivity index (χ4v) is 2.25. The van der Waals surface area contributed by atoms with Crippen molar-refractivity contribution in [2.45, 2.75) is 26.7 Å². The highest BCUT2D eigenvalue weighted by Gasteiger charge is 2.19. The molecule has 102 valence electrons. The number of hydrogen-bond donors (Lipinski definition) is 3. The van der Waals surface area contributed by atoms with Gasteiger partial charge in [-0.25, -0.2) is 4.98 Å². The van der Waals surface area contributed by atoms with Gasteiger partial charge in [0.25, 0.3) is 5.91 Å². The second-order valence-electron chi connectivity index (χ2n) is 4.99. The normalized spacial score (nSPS) is 11.6. The predicted octanol–water partition coefficient (Wildman–Crippen LogP) is 0.783. The number of hydrogen-bond acceptors (Lipinski definition) is 5. The lowest BCUT2D eigenvalue weighted by molar-refractivity contribution is 0.0923. The molecule has 4 N–H and O–H groups in total. The largest absolute Gasteiger partial charge is 0.396 e. The van der Waals surface area contributed by atoms with Crippen LogP contribution in [0.25, 0.3) is 0 Å². The lowest BCUT2D eigenvalue weighted by atomic mass is 9.90. The topological polar surface area (TPSA) is 88.2 Å². The number of carbonyl (C=O) groups is 1. The zero-order valence-electron chi connectivity index (χ0n) is 10.9. The van der Waals surface area contributed by atoms with E-state index in [1.807, 2.05) is 13.8 Å². The quantitative estimate of drug-likeness (QED) is 0.684. The Bertz CT molecular complexity index is 390. The van der Waals surface area contributed by atoms with Gasteiger partial charge in [0.2, 0.25) is 0 Å². The molecule has 18 heavy (non-hydrogen) atoms. The third kappa shape index (κ3) is 4.72. The molecule has 0 aliphatic carbocycles. The van der Waals surface area contributed by atoms with Gasteiger partial charge in [0, 0.05) is 25.0 Å². The second kappa shape index (κ2) is 6.82. The summed E-state index contributed by atoms with van der Waals surface area (Å²) in [5, 5.41) is 14.4. The third-order valence-electron chi connectivity index (χ3n) is 2.66. The van der Waals surface area contributed by atoms with E-state index < -0.39 is 0 Å². The summed E-state index contributed by atoms with van der Waals surface area (Å²) < 4.78 is 0. The number of thiazole rings is 1. The van der Waals surface area contributed by atoms with Gasteiger partial charge in [-0.3, -0.25) is 4.79 Å². The summed E-state index contributed by atoms with van der Waals surface area (Å²) in [4.78, 5) is 16.1. The average molecular weight is 271 g/mol. The van der Waals surface area contributed by atoms with Crippen molar-refractivity contribution in [1.82, 2.24) is 10.3 Å². The second-order valence-corrected chi connectivity index (χ2v) is 5.93. The predicted molar refractivity (Wildman–Crippen MR) is 72.7 cm³/mol. The van der Waals surface area contributed by atoms with E-state index in [-0.39, 0.29) is 17.9 Å². The molecule has 1 aromatic rings. The summed E-state index contributed by atoms with van der Waals surface area (Å²) in [7, 11) is 0. The number of aromatic nitrogens is 1. The van der Waals surface area contributed by atoms with Crippen LogP contribution in [0.3, 0.4) is 0 Å². The number of nitrogens with two attached hydrogens (primary N) is 1. The summed E-state index contributed by atoms with van der Waals surface area (Å²) in [6.45, 7) is 5.20. The Balaban J connectivity index is 2.49. The lowest BCUT2D eigenvalue weighted by Gasteiger charge is -2.23. The monoisotopic (exact) mass is 271 g/mol. The molecule has 0 aliphatic rings. The molecule has 0 saturated heterocycles. The van der Waals surface area contributed by atoms with Gasteiger partial charge in [-0.1, -0.05) is 13.8 Å². The van der Waals surface area contributed by atoms with Gasteiger partial charge in [0.15, 0.2) is 0 Å². The van der Waals surface area contributed by atoms with Crippen molar-refractivity contribution in [3.8, 4) is 0 Å². The molecule has 1 amide bonds. The highest BCUT2D eigenvalue weighted by Crippen LogP contribution is 2.18. The molecule has 1 heterocycles. The Morgan fingerprint density at radius 1 is 1.61 bits per heavy atom. The van der Waals surface area contributed by atoms with Gasteiger partial charge in [0.05, 0.1) is 5.01 Å². The van der Waals surface area contributed by atoms with Crippen LogP contribution >= 0.6 is 11.3 Å². The van der Waals surface area contributed by atoms with Gasteiger partial charge in [-0.15, -0.1) is 11.3 Å². The summed E-state index contributed by atoms with van der Waals surface area (Å²) in [6.07, 6.45) is 1.36. The van der Waals surface area contributed by atoms with Gasteiger partial charge < -0.3 is 16.2 Å². The van der Waals surface area contributed by atoms with E-state index in [0.717, 1.165) is 5.01 Å². The molecule has 0 aromatic carbocycles. The molecule has 0 atom stereocenters. The molecule has 0 bridgehead atoms. The number of nitrogens with zero attached hydrogens (tertiary/aromatic N) is 1. The fraction of sp³-hybridized carbons (Fsp3) is 0.667. The maximum absolute atomic E-state index is 11.9. The molecular formula is C12H21N3O2S. The minimum atomic E-state index is -0.166. The maximum Gasteiger partial charge on any atom is 0.270 e. The van der Waals surface area contributed by atoms with Gasteiger partial charge in [-0.2, -0.15) is 0 Å². The van der Waals surface area contributed by atoms with Gasteiger partial charge in [0.1, 0.15) is 5.69 Å². The van der Waals surface area contributed by atoms with E-state index >= 15 is 0 Å². The molecule has 6 heteroatoms. The zero-order valence-corrected chi connectivity index (χ0v) is 11.7. The zero-order chi connectivity index (χ0) is 13.6. The van der Waals surface area contributed by atoms with Crippen molar-refractivity contribution in [1.29, 1.82) is 0 Å². The van der Waals surface area contributed by atoms with Crippen LogP contribution < -0.4 is 11.1 Å². The van der Waals surface area contributed by atoms with E-state index in [9.17, 15) is 4.79 Å². The average Bonchev–Trinajstić information content (AvgIpc) is 2.75. The first-order valence-electron chi connectivity index (χ1n) is 6.02. The Kier molecular flexibility index (Phi) is 5.71. The molecule has 0 spiro atoms. The Hall–Kier alpha value is -0.980. The molecule has 5 nitrogen and oxygen atoms in total. The van der Waals surface area contributed by atoms with Crippen molar-refractivity contribution in [3.05, 3.63) is 16.1 Å². The van der Waals surface area contributed by atoms with Crippen LogP contribution in [0.4, 0.5) is 0 Å². The molecule has 0 aliphatic heterocycles. The van der Waals surface area contributed by atoms with Crippen molar-refractivity contribution in [2.75, 3.05) is 19.7 Å². The standard InChI is InChI=1S/C12H21N3O2S/c1-12(2,4-6-16)8-14-11(17)9-7-18-10(15-9)3-5-13/h7,16H,3-6,8,13H2,1-2H3,(H,14,17). The Labute approximate surface area is 111 Å². The van der Waals surface area contributed by atoms with Gasteiger partial charge in [-0.05, 0) is 18.4 Å². The molecular weight excluding hydrogens is 250 g/mol. The number of nitrogens with one attached hydrogen (secondary N) is 1. The summed E-state index contributed by atoms with van der Waals surface area (Å²) in [6, 6.07) is 0. The number of carbonyl (C=O) groups excluding carboxylic acids is 1. The molecule has 0 fully saturated rings. The van der Waals surface area contributed by atoms with E-state index in [4.69, 9.17) is 10.8 Å². The summed E-state index contributed by atoms with van der Waals surface area (Å²) >= 11 is 1.45. The van der Waals surface area contributed by atoms with E-state index in [0.29, 0.717) is 31.6 Å². The highest BCUT2D eigenvalue weighted by molar-refractivity contribution is 7.09. The van der Waals surface area contributed by atoms with E-state index in [1.54, 1.807) is 5.38 Å².